The Kier molecular flexibility index (Phi) is 5.03. The molecule has 1 aromatic carbocycles. The van der Waals surface area contributed by atoms with Crippen molar-refractivity contribution in [3.8, 4) is 0 Å². The third kappa shape index (κ3) is 3.69. The minimum atomic E-state index is 0.259. The van der Waals surface area contributed by atoms with Gasteiger partial charge < -0.3 is 10.1 Å². The van der Waals surface area contributed by atoms with E-state index in [4.69, 9.17) is 4.74 Å². The second kappa shape index (κ2) is 6.80. The molecule has 1 N–H and O–H groups in total. The average Bonchev–Trinajstić information content (AvgIpc) is 3.10. The van der Waals surface area contributed by atoms with Gasteiger partial charge in [0.15, 0.2) is 0 Å². The molecule has 21 heavy (non-hydrogen) atoms. The molecule has 1 saturated heterocycles. The van der Waals surface area contributed by atoms with Gasteiger partial charge in [-0.3, -0.25) is 0 Å². The van der Waals surface area contributed by atoms with Crippen LogP contribution in [0.4, 0.5) is 0 Å². The van der Waals surface area contributed by atoms with Crippen molar-refractivity contribution in [1.82, 2.24) is 5.32 Å². The highest BCUT2D eigenvalue weighted by Crippen LogP contribution is 2.45. The van der Waals surface area contributed by atoms with Gasteiger partial charge in [0.25, 0.3) is 0 Å². The number of halogens is 1. The third-order valence-corrected chi connectivity index (χ3v) is 5.72. The first-order chi connectivity index (χ1) is 10.2. The molecule has 2 aliphatic rings. The Bertz CT molecular complexity index is 453. The molecule has 1 saturated carbocycles. The topological polar surface area (TPSA) is 21.3 Å². The highest BCUT2D eigenvalue weighted by Gasteiger charge is 2.42. The van der Waals surface area contributed by atoms with Crippen LogP contribution in [0.2, 0.25) is 0 Å². The minimum absolute atomic E-state index is 0.259. The number of likely N-dealkylation sites (N-methyl/N-ethyl adjacent to an activating group) is 1. The summed E-state index contributed by atoms with van der Waals surface area (Å²) in [7, 11) is 2.04. The molecule has 2 fully saturated rings. The van der Waals surface area contributed by atoms with Crippen LogP contribution in [0.1, 0.15) is 56.4 Å². The van der Waals surface area contributed by atoms with Crippen molar-refractivity contribution in [2.75, 3.05) is 13.6 Å². The molecule has 0 aromatic heterocycles. The Morgan fingerprint density at radius 2 is 1.95 bits per heavy atom. The maximum absolute atomic E-state index is 6.49. The molecule has 1 aliphatic heterocycles. The molecule has 3 heteroatoms. The molecule has 0 radical (unpaired) electrons. The molecule has 2 nitrogen and oxygen atoms in total. The molecular formula is C18H26BrNO. The standard InChI is InChI=1S/C18H26BrNO/c1-20-13-15(14-4-6-16(19)7-5-14)12-17-8-11-18(21-17)9-2-3-10-18/h4-7,15,17,20H,2-3,8-13H2,1H3. The minimum Gasteiger partial charge on any atom is -0.372 e. The summed E-state index contributed by atoms with van der Waals surface area (Å²) in [5.41, 5.74) is 1.68. The summed E-state index contributed by atoms with van der Waals surface area (Å²) in [4.78, 5) is 0. The van der Waals surface area contributed by atoms with Gasteiger partial charge in [0.2, 0.25) is 0 Å². The molecule has 1 spiro atoms. The zero-order chi connectivity index (χ0) is 14.7. The van der Waals surface area contributed by atoms with E-state index in [1.54, 1.807) is 0 Å². The summed E-state index contributed by atoms with van der Waals surface area (Å²) in [5, 5.41) is 3.35. The summed E-state index contributed by atoms with van der Waals surface area (Å²) >= 11 is 3.52. The van der Waals surface area contributed by atoms with Crippen LogP contribution in [-0.2, 0) is 4.74 Å². The number of ether oxygens (including phenoxy) is 1. The molecule has 1 aliphatic carbocycles. The van der Waals surface area contributed by atoms with Gasteiger partial charge in [-0.2, -0.15) is 0 Å². The van der Waals surface area contributed by atoms with Crippen LogP contribution in [-0.4, -0.2) is 25.3 Å². The van der Waals surface area contributed by atoms with Crippen LogP contribution in [0.25, 0.3) is 0 Å². The van der Waals surface area contributed by atoms with Gasteiger partial charge in [-0.25, -0.2) is 0 Å². The van der Waals surface area contributed by atoms with Crippen LogP contribution < -0.4 is 5.32 Å². The van der Waals surface area contributed by atoms with Crippen molar-refractivity contribution in [3.63, 3.8) is 0 Å². The van der Waals surface area contributed by atoms with Crippen LogP contribution in [0.15, 0.2) is 28.7 Å². The smallest absolute Gasteiger partial charge is 0.0687 e. The molecular weight excluding hydrogens is 326 g/mol. The van der Waals surface area contributed by atoms with Gasteiger partial charge in [0.05, 0.1) is 11.7 Å². The monoisotopic (exact) mass is 351 g/mol. The zero-order valence-corrected chi connectivity index (χ0v) is 14.5. The molecule has 1 heterocycles. The van der Waals surface area contributed by atoms with E-state index in [1.807, 2.05) is 7.05 Å². The van der Waals surface area contributed by atoms with Crippen molar-refractivity contribution in [3.05, 3.63) is 34.3 Å². The summed E-state index contributed by atoms with van der Waals surface area (Å²) in [6.07, 6.45) is 9.42. The van der Waals surface area contributed by atoms with Crippen molar-refractivity contribution < 1.29 is 4.74 Å². The lowest BCUT2D eigenvalue weighted by Crippen LogP contribution is -2.27. The molecule has 2 unspecified atom stereocenters. The van der Waals surface area contributed by atoms with Crippen LogP contribution in [0, 0.1) is 0 Å². The van der Waals surface area contributed by atoms with Gasteiger partial charge in [0, 0.05) is 11.0 Å². The van der Waals surface area contributed by atoms with E-state index in [0.29, 0.717) is 12.0 Å². The summed E-state index contributed by atoms with van der Waals surface area (Å²) in [6, 6.07) is 8.77. The maximum Gasteiger partial charge on any atom is 0.0687 e. The average molecular weight is 352 g/mol. The third-order valence-electron chi connectivity index (χ3n) is 5.19. The highest BCUT2D eigenvalue weighted by atomic mass is 79.9. The second-order valence-corrected chi connectivity index (χ2v) is 7.63. The molecule has 0 amide bonds. The van der Waals surface area contributed by atoms with E-state index in [0.717, 1.165) is 17.4 Å². The maximum atomic E-state index is 6.49. The normalized spacial score (nSPS) is 25.5. The second-order valence-electron chi connectivity index (χ2n) is 6.71. The highest BCUT2D eigenvalue weighted by molar-refractivity contribution is 9.10. The van der Waals surface area contributed by atoms with Crippen LogP contribution in [0.3, 0.4) is 0 Å². The molecule has 116 valence electrons. The molecule has 2 atom stereocenters. The van der Waals surface area contributed by atoms with Gasteiger partial charge in [0.1, 0.15) is 0 Å². The number of benzene rings is 1. The molecule has 0 bridgehead atoms. The fraction of sp³-hybridized carbons (Fsp3) is 0.667. The first kappa shape index (κ1) is 15.5. The van der Waals surface area contributed by atoms with Crippen LogP contribution >= 0.6 is 15.9 Å². The summed E-state index contributed by atoms with van der Waals surface area (Å²) in [6.45, 7) is 1.02. The first-order valence-corrected chi connectivity index (χ1v) is 9.08. The van der Waals surface area contributed by atoms with Crippen molar-refractivity contribution in [2.45, 2.75) is 62.6 Å². The Morgan fingerprint density at radius 1 is 1.24 bits per heavy atom. The summed E-state index contributed by atoms with van der Waals surface area (Å²) in [5.74, 6) is 0.546. The van der Waals surface area contributed by atoms with Gasteiger partial charge in [-0.05, 0) is 62.8 Å². The number of rotatable bonds is 5. The predicted octanol–water partition coefficient (Wildman–Crippen LogP) is 4.63. The van der Waals surface area contributed by atoms with Gasteiger partial charge >= 0.3 is 0 Å². The Morgan fingerprint density at radius 3 is 2.62 bits per heavy atom. The number of nitrogens with one attached hydrogen (secondary N) is 1. The Labute approximate surface area is 136 Å². The lowest BCUT2D eigenvalue weighted by atomic mass is 9.91. The number of hydrogen-bond acceptors (Lipinski definition) is 2. The molecule has 3 rings (SSSR count). The lowest BCUT2D eigenvalue weighted by molar-refractivity contribution is -0.0410. The Balaban J connectivity index is 1.64. The van der Waals surface area contributed by atoms with E-state index in [9.17, 15) is 0 Å². The van der Waals surface area contributed by atoms with Crippen molar-refractivity contribution in [2.24, 2.45) is 0 Å². The lowest BCUT2D eigenvalue weighted by Gasteiger charge is -2.26. The van der Waals surface area contributed by atoms with Gasteiger partial charge in [-0.15, -0.1) is 0 Å². The zero-order valence-electron chi connectivity index (χ0n) is 12.9. The van der Waals surface area contributed by atoms with Crippen molar-refractivity contribution in [1.29, 1.82) is 0 Å². The van der Waals surface area contributed by atoms with Crippen LogP contribution in [0.5, 0.6) is 0 Å². The van der Waals surface area contributed by atoms with E-state index >= 15 is 0 Å². The van der Waals surface area contributed by atoms with E-state index < -0.39 is 0 Å². The van der Waals surface area contributed by atoms with E-state index in [2.05, 4.69) is 45.5 Å². The fourth-order valence-electron chi connectivity index (χ4n) is 4.08. The van der Waals surface area contributed by atoms with E-state index in [1.165, 1.54) is 44.1 Å². The van der Waals surface area contributed by atoms with E-state index in [-0.39, 0.29) is 5.60 Å². The quantitative estimate of drug-likeness (QED) is 0.834. The first-order valence-electron chi connectivity index (χ1n) is 8.29. The van der Waals surface area contributed by atoms with Gasteiger partial charge in [-0.1, -0.05) is 40.9 Å². The summed E-state index contributed by atoms with van der Waals surface area (Å²) < 4.78 is 7.64. The fourth-order valence-corrected chi connectivity index (χ4v) is 4.35. The SMILES string of the molecule is CNCC(CC1CCC2(CCCC2)O1)c1ccc(Br)cc1. The Hall–Kier alpha value is -0.380. The van der Waals surface area contributed by atoms with Crippen molar-refractivity contribution >= 4 is 15.9 Å². The predicted molar refractivity (Wildman–Crippen MR) is 90.7 cm³/mol. The number of hydrogen-bond donors (Lipinski definition) is 1. The largest absolute Gasteiger partial charge is 0.372 e. The molecule has 1 aromatic rings.